The first-order valence-electron chi connectivity index (χ1n) is 10.7. The fourth-order valence-electron chi connectivity index (χ4n) is 3.66. The second-order valence-corrected chi connectivity index (χ2v) is 7.60. The second kappa shape index (κ2) is 10.8. The lowest BCUT2D eigenvalue weighted by atomic mass is 10.1. The van der Waals surface area contributed by atoms with E-state index < -0.39 is 5.83 Å². The Bertz CT molecular complexity index is 980. The summed E-state index contributed by atoms with van der Waals surface area (Å²) in [5.74, 6) is -0.724. The van der Waals surface area contributed by atoms with Gasteiger partial charge in [-0.05, 0) is 49.5 Å². The van der Waals surface area contributed by atoms with Crippen LogP contribution in [0.1, 0.15) is 38.2 Å². The highest BCUT2D eigenvalue weighted by Crippen LogP contribution is 2.23. The van der Waals surface area contributed by atoms with E-state index in [1.165, 1.54) is 30.9 Å². The van der Waals surface area contributed by atoms with Gasteiger partial charge in [0.15, 0.2) is 11.4 Å². The number of hydrogen-bond acceptors (Lipinski definition) is 5. The Morgan fingerprint density at radius 3 is 3.03 bits per heavy atom. The Labute approximate surface area is 182 Å². The predicted octanol–water partition coefficient (Wildman–Crippen LogP) is 5.14. The van der Waals surface area contributed by atoms with Crippen LogP contribution in [-0.2, 0) is 16.0 Å². The van der Waals surface area contributed by atoms with Crippen molar-refractivity contribution >= 4 is 23.0 Å². The van der Waals surface area contributed by atoms with E-state index in [0.29, 0.717) is 19.1 Å². The molecular weight excluding hydrogens is 397 g/mol. The molecule has 6 nitrogen and oxygen atoms in total. The molecule has 1 N–H and O–H groups in total. The second-order valence-electron chi connectivity index (χ2n) is 7.60. The van der Waals surface area contributed by atoms with E-state index in [2.05, 4.69) is 23.8 Å². The molecule has 1 aromatic carbocycles. The van der Waals surface area contributed by atoms with Crippen molar-refractivity contribution in [3.05, 3.63) is 60.2 Å². The first kappa shape index (κ1) is 22.6. The maximum Gasteiger partial charge on any atom is 0.295 e. The number of likely N-dealkylation sites (tertiary alicyclic amines) is 1. The SMILES string of the molecule is C=C/C=C\C(F)=C(/CC(=O)N1CCCC[C@@H](Nc2nc3cc(CC)ccc3o2)C1)OC. The van der Waals surface area contributed by atoms with Crippen molar-refractivity contribution in [2.24, 2.45) is 0 Å². The van der Waals surface area contributed by atoms with Crippen LogP contribution >= 0.6 is 0 Å². The van der Waals surface area contributed by atoms with Crippen LogP contribution in [0.4, 0.5) is 10.4 Å². The summed E-state index contributed by atoms with van der Waals surface area (Å²) < 4.78 is 25.1. The van der Waals surface area contributed by atoms with Crippen LogP contribution in [-0.4, -0.2) is 42.0 Å². The van der Waals surface area contributed by atoms with Gasteiger partial charge < -0.3 is 19.4 Å². The van der Waals surface area contributed by atoms with Crippen molar-refractivity contribution in [3.63, 3.8) is 0 Å². The third-order valence-corrected chi connectivity index (χ3v) is 5.42. The summed E-state index contributed by atoms with van der Waals surface area (Å²) in [7, 11) is 1.37. The quantitative estimate of drug-likeness (QED) is 0.467. The van der Waals surface area contributed by atoms with Gasteiger partial charge in [-0.3, -0.25) is 4.79 Å². The molecule has 1 saturated heterocycles. The number of anilines is 1. The number of aromatic nitrogens is 1. The molecule has 0 saturated carbocycles. The average Bonchev–Trinajstić information content (AvgIpc) is 3.03. The van der Waals surface area contributed by atoms with E-state index in [-0.39, 0.29) is 24.1 Å². The molecule has 2 heterocycles. The third-order valence-electron chi connectivity index (χ3n) is 5.42. The number of ether oxygens (including phenoxy) is 1. The summed E-state index contributed by atoms with van der Waals surface area (Å²) in [6, 6.07) is 6.46. The minimum atomic E-state index is -0.571. The summed E-state index contributed by atoms with van der Waals surface area (Å²) in [4.78, 5) is 19.2. The zero-order chi connectivity index (χ0) is 22.2. The summed E-state index contributed by atoms with van der Waals surface area (Å²) in [5.41, 5.74) is 2.76. The van der Waals surface area contributed by atoms with Gasteiger partial charge in [0, 0.05) is 19.1 Å². The van der Waals surface area contributed by atoms with E-state index in [0.717, 1.165) is 36.8 Å². The van der Waals surface area contributed by atoms with Gasteiger partial charge in [-0.15, -0.1) is 0 Å². The van der Waals surface area contributed by atoms with Crippen molar-refractivity contribution in [2.45, 2.75) is 45.1 Å². The molecule has 0 radical (unpaired) electrons. The van der Waals surface area contributed by atoms with Gasteiger partial charge >= 0.3 is 0 Å². The maximum atomic E-state index is 14.2. The van der Waals surface area contributed by atoms with Gasteiger partial charge in [0.05, 0.1) is 13.5 Å². The molecule has 0 aliphatic carbocycles. The van der Waals surface area contributed by atoms with Crippen LogP contribution < -0.4 is 5.32 Å². The Balaban J connectivity index is 1.68. The molecule has 1 fully saturated rings. The van der Waals surface area contributed by atoms with E-state index in [9.17, 15) is 9.18 Å². The number of amides is 1. The van der Waals surface area contributed by atoms with Crippen LogP contribution in [0, 0.1) is 0 Å². The van der Waals surface area contributed by atoms with Crippen molar-refractivity contribution in [1.82, 2.24) is 9.88 Å². The van der Waals surface area contributed by atoms with Crippen LogP contribution in [0.2, 0.25) is 0 Å². The van der Waals surface area contributed by atoms with Crippen molar-refractivity contribution < 1.29 is 18.3 Å². The van der Waals surface area contributed by atoms with E-state index >= 15 is 0 Å². The third kappa shape index (κ3) is 5.96. The molecule has 0 unspecified atom stereocenters. The maximum absolute atomic E-state index is 14.2. The minimum absolute atomic E-state index is 0.00522. The molecular formula is C24H30FN3O3. The van der Waals surface area contributed by atoms with Crippen molar-refractivity contribution in [1.29, 1.82) is 0 Å². The first-order valence-corrected chi connectivity index (χ1v) is 10.7. The molecule has 0 spiro atoms. The lowest BCUT2D eigenvalue weighted by Crippen LogP contribution is -2.39. The number of oxazole rings is 1. The van der Waals surface area contributed by atoms with Gasteiger partial charge in [-0.25, -0.2) is 4.39 Å². The Hall–Kier alpha value is -3.09. The largest absolute Gasteiger partial charge is 0.498 e. The molecule has 31 heavy (non-hydrogen) atoms. The van der Waals surface area contributed by atoms with Gasteiger partial charge in [-0.2, -0.15) is 4.98 Å². The number of hydrogen-bond donors (Lipinski definition) is 1. The van der Waals surface area contributed by atoms with Crippen molar-refractivity contribution in [2.75, 3.05) is 25.5 Å². The number of allylic oxidation sites excluding steroid dienone is 4. The number of carbonyl (C=O) groups is 1. The number of carbonyl (C=O) groups excluding carboxylic acids is 1. The summed E-state index contributed by atoms with van der Waals surface area (Å²) in [6.45, 7) is 6.75. The molecule has 0 bridgehead atoms. The molecule has 166 valence electrons. The molecule has 1 aromatic heterocycles. The Morgan fingerprint density at radius 1 is 1.45 bits per heavy atom. The number of halogens is 1. The number of nitrogens with one attached hydrogen (secondary N) is 1. The monoisotopic (exact) mass is 427 g/mol. The molecule has 1 aliphatic heterocycles. The van der Waals surface area contributed by atoms with E-state index in [1.54, 1.807) is 4.90 Å². The number of benzene rings is 1. The van der Waals surface area contributed by atoms with Crippen molar-refractivity contribution in [3.8, 4) is 0 Å². The summed E-state index contributed by atoms with van der Waals surface area (Å²) >= 11 is 0. The van der Waals surface area contributed by atoms with E-state index in [4.69, 9.17) is 9.15 Å². The van der Waals surface area contributed by atoms with Gasteiger partial charge in [0.1, 0.15) is 11.3 Å². The molecule has 1 atom stereocenters. The van der Waals surface area contributed by atoms with Crippen LogP contribution in [0.15, 0.2) is 59.0 Å². The molecule has 3 rings (SSSR count). The average molecular weight is 428 g/mol. The highest BCUT2D eigenvalue weighted by molar-refractivity contribution is 5.79. The standard InChI is InChI=1S/C24H30FN3O3/c1-4-6-10-19(25)22(30-3)15-23(29)28-13-8-7-9-18(16-28)26-24-27-20-14-17(5-2)11-12-21(20)31-24/h4,6,10-12,14,18H,1,5,7-9,13,15-16H2,2-3H3,(H,26,27)/b10-6-,22-19-/t18-/m1/s1. The number of nitrogens with zero attached hydrogens (tertiary/aromatic N) is 2. The number of aryl methyl sites for hydroxylation is 1. The molecule has 1 aliphatic rings. The summed E-state index contributed by atoms with van der Waals surface area (Å²) in [5, 5.41) is 3.34. The van der Waals surface area contributed by atoms with E-state index in [1.807, 2.05) is 18.2 Å². The smallest absolute Gasteiger partial charge is 0.295 e. The lowest BCUT2D eigenvalue weighted by Gasteiger charge is -2.25. The van der Waals surface area contributed by atoms with Crippen LogP contribution in [0.5, 0.6) is 0 Å². The zero-order valence-corrected chi connectivity index (χ0v) is 18.2. The highest BCUT2D eigenvalue weighted by Gasteiger charge is 2.24. The number of methoxy groups -OCH3 is 1. The van der Waals surface area contributed by atoms with Gasteiger partial charge in [0.25, 0.3) is 6.01 Å². The Morgan fingerprint density at radius 2 is 2.29 bits per heavy atom. The van der Waals surface area contributed by atoms with Gasteiger partial charge in [0.2, 0.25) is 5.91 Å². The summed E-state index contributed by atoms with van der Waals surface area (Å²) in [6.07, 6.45) is 7.75. The van der Waals surface area contributed by atoms with Gasteiger partial charge in [-0.1, -0.05) is 31.7 Å². The zero-order valence-electron chi connectivity index (χ0n) is 18.2. The lowest BCUT2D eigenvalue weighted by molar-refractivity contribution is -0.131. The number of rotatable bonds is 8. The molecule has 1 amide bonds. The fourth-order valence-corrected chi connectivity index (χ4v) is 3.66. The minimum Gasteiger partial charge on any atom is -0.498 e. The fraction of sp³-hybridized carbons (Fsp3) is 0.417. The normalized spacial score (nSPS) is 18.0. The number of fused-ring (bicyclic) bond motifs is 1. The van der Waals surface area contributed by atoms with Crippen LogP contribution in [0.3, 0.4) is 0 Å². The van der Waals surface area contributed by atoms with Crippen LogP contribution in [0.25, 0.3) is 11.1 Å². The topological polar surface area (TPSA) is 67.6 Å². The Kier molecular flexibility index (Phi) is 7.87. The molecule has 2 aromatic rings. The predicted molar refractivity (Wildman–Crippen MR) is 120 cm³/mol. The first-order chi connectivity index (χ1) is 15.0. The molecule has 7 heteroatoms. The highest BCUT2D eigenvalue weighted by atomic mass is 19.1.